The summed E-state index contributed by atoms with van der Waals surface area (Å²) in [5, 5.41) is 0. The topological polar surface area (TPSA) is 69.7 Å². The van der Waals surface area contributed by atoms with Crippen LogP contribution in [0.25, 0.3) is 0 Å². The highest BCUT2D eigenvalue weighted by molar-refractivity contribution is 5.97. The lowest BCUT2D eigenvalue weighted by Crippen LogP contribution is -2.51. The first-order chi connectivity index (χ1) is 13.3. The zero-order valence-corrected chi connectivity index (χ0v) is 18.9. The van der Waals surface area contributed by atoms with E-state index in [0.29, 0.717) is 6.42 Å². The molecule has 1 aromatic carbocycles. The second-order valence-electron chi connectivity index (χ2n) is 9.61. The van der Waals surface area contributed by atoms with E-state index in [-0.39, 0.29) is 24.2 Å². The molecule has 0 amide bonds. The zero-order valence-electron chi connectivity index (χ0n) is 18.9. The van der Waals surface area contributed by atoms with Crippen LogP contribution in [0.2, 0.25) is 0 Å². The Morgan fingerprint density at radius 1 is 1.17 bits per heavy atom. The molecular weight excluding hydrogens is 368 g/mol. The van der Waals surface area contributed by atoms with Gasteiger partial charge in [-0.3, -0.25) is 14.4 Å². The van der Waals surface area contributed by atoms with E-state index in [0.717, 1.165) is 11.1 Å². The number of benzene rings is 1. The maximum Gasteiger partial charge on any atom is 0.320 e. The summed E-state index contributed by atoms with van der Waals surface area (Å²) in [6.07, 6.45) is 0.449. The number of carbonyl (C=O) groups excluding carboxylic acids is 3. The number of rotatable bonds is 7. The molecule has 4 unspecified atom stereocenters. The lowest BCUT2D eigenvalue weighted by molar-refractivity contribution is -0.161. The highest BCUT2D eigenvalue weighted by atomic mass is 16.6. The molecule has 1 fully saturated rings. The predicted octanol–water partition coefficient (Wildman–Crippen LogP) is 4.59. The van der Waals surface area contributed by atoms with Gasteiger partial charge >= 0.3 is 17.9 Å². The first-order valence-electron chi connectivity index (χ1n) is 10.2. The van der Waals surface area contributed by atoms with Crippen LogP contribution in [0.1, 0.15) is 65.5 Å². The molecule has 29 heavy (non-hydrogen) atoms. The molecule has 0 bridgehead atoms. The van der Waals surface area contributed by atoms with E-state index in [2.05, 4.69) is 19.1 Å². The van der Waals surface area contributed by atoms with Gasteiger partial charge in [0.2, 0.25) is 0 Å². The molecule has 0 spiro atoms. The Labute approximate surface area is 174 Å². The molecule has 0 radical (unpaired) electrons. The molecule has 5 nitrogen and oxygen atoms in total. The summed E-state index contributed by atoms with van der Waals surface area (Å²) in [6, 6.07) is 8.17. The summed E-state index contributed by atoms with van der Waals surface area (Å²) in [4.78, 5) is 37.3. The van der Waals surface area contributed by atoms with Crippen LogP contribution >= 0.6 is 0 Å². The minimum atomic E-state index is -0.932. The Kier molecular flexibility index (Phi) is 6.32. The molecule has 1 aliphatic rings. The van der Waals surface area contributed by atoms with Crippen LogP contribution in [0, 0.1) is 29.6 Å². The van der Waals surface area contributed by atoms with Crippen molar-refractivity contribution in [3.05, 3.63) is 35.4 Å². The van der Waals surface area contributed by atoms with Crippen molar-refractivity contribution in [1.82, 2.24) is 0 Å². The van der Waals surface area contributed by atoms with Crippen molar-refractivity contribution >= 4 is 17.9 Å². The fourth-order valence-electron chi connectivity index (χ4n) is 4.83. The van der Waals surface area contributed by atoms with E-state index in [1.54, 1.807) is 6.92 Å². The van der Waals surface area contributed by atoms with Crippen molar-refractivity contribution in [2.75, 3.05) is 7.11 Å². The Morgan fingerprint density at radius 3 is 2.14 bits per heavy atom. The number of hydrogen-bond acceptors (Lipinski definition) is 5. The van der Waals surface area contributed by atoms with Crippen LogP contribution in [-0.2, 0) is 29.3 Å². The van der Waals surface area contributed by atoms with Crippen molar-refractivity contribution in [1.29, 1.82) is 0 Å². The van der Waals surface area contributed by atoms with Gasteiger partial charge in [-0.1, -0.05) is 57.5 Å². The van der Waals surface area contributed by atoms with Gasteiger partial charge in [0, 0.05) is 0 Å². The maximum atomic E-state index is 12.9. The monoisotopic (exact) mass is 402 g/mol. The summed E-state index contributed by atoms with van der Waals surface area (Å²) in [5.74, 6) is -1.41. The highest BCUT2D eigenvalue weighted by Gasteiger charge is 2.56. The normalized spacial score (nSPS) is 24.6. The average Bonchev–Trinajstić information content (AvgIpc) is 2.90. The summed E-state index contributed by atoms with van der Waals surface area (Å²) in [7, 11) is 1.41. The minimum Gasteiger partial charge on any atom is -0.469 e. The zero-order chi connectivity index (χ0) is 22.2. The number of methoxy groups -OCH3 is 1. The second kappa shape index (κ2) is 7.92. The fourth-order valence-corrected chi connectivity index (χ4v) is 4.83. The van der Waals surface area contributed by atoms with Crippen molar-refractivity contribution in [2.24, 2.45) is 22.7 Å². The second-order valence-corrected chi connectivity index (χ2v) is 9.61. The van der Waals surface area contributed by atoms with Gasteiger partial charge in [-0.25, -0.2) is 0 Å². The molecule has 1 aliphatic heterocycles. The van der Waals surface area contributed by atoms with Gasteiger partial charge < -0.3 is 9.47 Å². The van der Waals surface area contributed by atoms with Crippen molar-refractivity contribution in [2.45, 2.75) is 66.7 Å². The number of esters is 3. The third-order valence-corrected chi connectivity index (χ3v) is 7.38. The van der Waals surface area contributed by atoms with E-state index in [1.165, 1.54) is 7.11 Å². The predicted molar refractivity (Wildman–Crippen MR) is 111 cm³/mol. The van der Waals surface area contributed by atoms with E-state index < -0.39 is 28.2 Å². The Morgan fingerprint density at radius 2 is 1.72 bits per heavy atom. The number of hydrogen-bond donors (Lipinski definition) is 0. The molecule has 4 atom stereocenters. The van der Waals surface area contributed by atoms with Gasteiger partial charge in [0.15, 0.2) is 0 Å². The van der Waals surface area contributed by atoms with Crippen LogP contribution in [0.3, 0.4) is 0 Å². The van der Waals surface area contributed by atoms with Crippen LogP contribution in [-0.4, -0.2) is 25.0 Å². The average molecular weight is 403 g/mol. The molecular formula is C24H34O5. The summed E-state index contributed by atoms with van der Waals surface area (Å²) >= 11 is 0. The van der Waals surface area contributed by atoms with Gasteiger partial charge in [0.1, 0.15) is 0 Å². The standard InChI is InChI=1S/C24H34O5/c1-15(2)24(7,21(27)28-8)17(4)23(6,18-11-9-16(3)10-12-18)14-22(5)13-19(25)29-20(22)26/h9-12,15,17H,13-14H2,1-8H3. The fraction of sp³-hybridized carbons (Fsp3) is 0.625. The highest BCUT2D eigenvalue weighted by Crippen LogP contribution is 2.53. The first-order valence-corrected chi connectivity index (χ1v) is 10.2. The van der Waals surface area contributed by atoms with Crippen LogP contribution in [0.15, 0.2) is 24.3 Å². The van der Waals surface area contributed by atoms with E-state index in [4.69, 9.17) is 9.47 Å². The van der Waals surface area contributed by atoms with Crippen LogP contribution in [0.4, 0.5) is 0 Å². The SMILES string of the molecule is COC(=O)C(C)(C(C)C)C(C)C(C)(CC1(C)CC(=O)OC1=O)c1ccc(C)cc1. The van der Waals surface area contributed by atoms with Gasteiger partial charge in [-0.2, -0.15) is 0 Å². The van der Waals surface area contributed by atoms with Gasteiger partial charge in [-0.15, -0.1) is 0 Å². The lowest BCUT2D eigenvalue weighted by atomic mass is 9.54. The molecule has 1 heterocycles. The number of aryl methyl sites for hydroxylation is 1. The van der Waals surface area contributed by atoms with Crippen LogP contribution < -0.4 is 0 Å². The summed E-state index contributed by atoms with van der Waals surface area (Å²) in [5.41, 5.74) is -0.125. The smallest absolute Gasteiger partial charge is 0.320 e. The third kappa shape index (κ3) is 3.96. The quantitative estimate of drug-likeness (QED) is 0.493. The van der Waals surface area contributed by atoms with Crippen molar-refractivity contribution in [3.8, 4) is 0 Å². The number of cyclic esters (lactones) is 2. The van der Waals surface area contributed by atoms with E-state index in [9.17, 15) is 14.4 Å². The maximum absolute atomic E-state index is 12.9. The molecule has 1 saturated heterocycles. The number of ether oxygens (including phenoxy) is 2. The molecule has 160 valence electrons. The summed E-state index contributed by atoms with van der Waals surface area (Å²) in [6.45, 7) is 13.9. The molecule has 0 aliphatic carbocycles. The van der Waals surface area contributed by atoms with Crippen molar-refractivity contribution in [3.63, 3.8) is 0 Å². The van der Waals surface area contributed by atoms with E-state index >= 15 is 0 Å². The first kappa shape index (κ1) is 23.1. The molecule has 2 rings (SSSR count). The largest absolute Gasteiger partial charge is 0.469 e. The van der Waals surface area contributed by atoms with Gasteiger partial charge in [-0.05, 0) is 50.0 Å². The Balaban J connectivity index is 2.63. The Bertz CT molecular complexity index is 796. The van der Waals surface area contributed by atoms with E-state index in [1.807, 2.05) is 46.8 Å². The molecule has 0 N–H and O–H groups in total. The molecule has 0 aromatic heterocycles. The van der Waals surface area contributed by atoms with Gasteiger partial charge in [0.25, 0.3) is 0 Å². The van der Waals surface area contributed by atoms with Gasteiger partial charge in [0.05, 0.1) is 24.4 Å². The minimum absolute atomic E-state index is 0.0136. The molecule has 5 heteroatoms. The van der Waals surface area contributed by atoms with Crippen LogP contribution in [0.5, 0.6) is 0 Å². The molecule has 0 saturated carbocycles. The lowest BCUT2D eigenvalue weighted by Gasteiger charge is -2.49. The summed E-state index contributed by atoms with van der Waals surface area (Å²) < 4.78 is 10.1. The third-order valence-electron chi connectivity index (χ3n) is 7.38. The molecule has 1 aromatic rings. The Hall–Kier alpha value is -2.17. The number of carbonyl (C=O) groups is 3. The van der Waals surface area contributed by atoms with Crippen molar-refractivity contribution < 1.29 is 23.9 Å².